The van der Waals surface area contributed by atoms with E-state index in [0.29, 0.717) is 13.0 Å². The average molecular weight is 353 g/mol. The first kappa shape index (κ1) is 14.1. The summed E-state index contributed by atoms with van der Waals surface area (Å²) in [5.74, 6) is -0.869. The van der Waals surface area contributed by atoms with Gasteiger partial charge in [0, 0.05) is 21.0 Å². The van der Waals surface area contributed by atoms with Gasteiger partial charge in [0.2, 0.25) is 0 Å². The van der Waals surface area contributed by atoms with Crippen LogP contribution in [0.2, 0.25) is 0 Å². The summed E-state index contributed by atoms with van der Waals surface area (Å²) in [5, 5.41) is 1.87. The van der Waals surface area contributed by atoms with E-state index in [-0.39, 0.29) is 5.97 Å². The number of carbonyl (C=O) groups excluding carboxylic acids is 1. The molecular weight excluding hydrogens is 340 g/mol. The third-order valence-corrected chi connectivity index (χ3v) is 5.24. The van der Waals surface area contributed by atoms with Crippen molar-refractivity contribution in [2.45, 2.75) is 12.1 Å². The van der Waals surface area contributed by atoms with Gasteiger partial charge in [-0.25, -0.2) is 8.93 Å². The summed E-state index contributed by atoms with van der Waals surface area (Å²) in [6.45, 7) is 0.354. The third-order valence-electron chi connectivity index (χ3n) is 2.77. The highest BCUT2D eigenvalue weighted by Crippen LogP contribution is 2.36. The maximum absolute atomic E-state index is 11.7. The second-order valence-electron chi connectivity index (χ2n) is 4.06. The maximum atomic E-state index is 11.7. The molecule has 0 aromatic carbocycles. The van der Waals surface area contributed by atoms with Crippen molar-refractivity contribution in [3.63, 3.8) is 0 Å². The van der Waals surface area contributed by atoms with Crippen LogP contribution in [-0.2, 0) is 26.2 Å². The second-order valence-corrected chi connectivity index (χ2v) is 7.00. The van der Waals surface area contributed by atoms with Crippen molar-refractivity contribution in [3.05, 3.63) is 20.8 Å². The van der Waals surface area contributed by atoms with Crippen LogP contribution in [0, 0.1) is 5.92 Å². The minimum absolute atomic E-state index is 0.347. The molecule has 0 aliphatic carbocycles. The Morgan fingerprint density at radius 2 is 2.44 bits per heavy atom. The first-order valence-electron chi connectivity index (χ1n) is 5.25. The van der Waals surface area contributed by atoms with Gasteiger partial charge in [-0.15, -0.1) is 11.3 Å². The zero-order valence-electron chi connectivity index (χ0n) is 9.64. The van der Waals surface area contributed by atoms with Gasteiger partial charge in [0.05, 0.1) is 23.5 Å². The van der Waals surface area contributed by atoms with Crippen LogP contribution in [0.3, 0.4) is 0 Å². The molecule has 2 heterocycles. The zero-order chi connectivity index (χ0) is 13.3. The number of esters is 1. The summed E-state index contributed by atoms with van der Waals surface area (Å²) in [5.41, 5.74) is 5.16. The van der Waals surface area contributed by atoms with Gasteiger partial charge in [-0.3, -0.25) is 4.79 Å². The second kappa shape index (κ2) is 5.38. The van der Waals surface area contributed by atoms with Crippen LogP contribution in [0.25, 0.3) is 0 Å². The number of halogens is 1. The predicted molar refractivity (Wildman–Crippen MR) is 74.2 cm³/mol. The first-order valence-corrected chi connectivity index (χ1v) is 8.48. The van der Waals surface area contributed by atoms with Crippen LogP contribution in [0.15, 0.2) is 15.9 Å². The van der Waals surface area contributed by atoms with Crippen LogP contribution in [0.5, 0.6) is 0 Å². The number of hydrogen-bond acceptors (Lipinski definition) is 5. The lowest BCUT2D eigenvalue weighted by Gasteiger charge is -2.32. The van der Waals surface area contributed by atoms with Crippen LogP contribution >= 0.6 is 27.3 Å². The molecule has 2 unspecified atom stereocenters. The minimum atomic E-state index is -1.33. The molecule has 0 spiro atoms. The van der Waals surface area contributed by atoms with Crippen LogP contribution in [0.1, 0.15) is 11.3 Å². The van der Waals surface area contributed by atoms with Crippen molar-refractivity contribution < 1.29 is 13.7 Å². The molecule has 0 saturated carbocycles. The summed E-state index contributed by atoms with van der Waals surface area (Å²) in [6, 6.07) is 1.83. The first-order chi connectivity index (χ1) is 8.43. The topological polar surface area (TPSA) is 81.4 Å². The molecule has 3 atom stereocenters. The lowest BCUT2D eigenvalue weighted by Crippen LogP contribution is -2.57. The number of hydrogen-bond donors (Lipinski definition) is 2. The van der Waals surface area contributed by atoms with Gasteiger partial charge in [0.15, 0.2) is 0 Å². The SMILES string of the molecule is CS(=O)N[C@](N)(c1cc(Br)cs1)C1CCOC1=O. The summed E-state index contributed by atoms with van der Waals surface area (Å²) in [6.07, 6.45) is 2.01. The molecule has 1 aliphatic rings. The maximum Gasteiger partial charge on any atom is 0.312 e. The summed E-state index contributed by atoms with van der Waals surface area (Å²) in [4.78, 5) is 12.5. The van der Waals surface area contributed by atoms with E-state index < -0.39 is 22.6 Å². The van der Waals surface area contributed by atoms with Gasteiger partial charge in [-0.2, -0.15) is 0 Å². The number of thiophene rings is 1. The lowest BCUT2D eigenvalue weighted by atomic mass is 9.91. The van der Waals surface area contributed by atoms with Crippen molar-refractivity contribution in [1.29, 1.82) is 0 Å². The highest BCUT2D eigenvalue weighted by molar-refractivity contribution is 9.10. The van der Waals surface area contributed by atoms with Gasteiger partial charge in [-0.05, 0) is 28.4 Å². The fourth-order valence-electron chi connectivity index (χ4n) is 1.97. The van der Waals surface area contributed by atoms with Gasteiger partial charge >= 0.3 is 5.97 Å². The normalized spacial score (nSPS) is 24.6. The van der Waals surface area contributed by atoms with Crippen LogP contribution in [-0.4, -0.2) is 23.0 Å². The van der Waals surface area contributed by atoms with Crippen molar-refractivity contribution in [1.82, 2.24) is 4.72 Å². The molecule has 1 aromatic rings. The molecule has 3 N–H and O–H groups in total. The third kappa shape index (κ3) is 2.67. The lowest BCUT2D eigenvalue weighted by molar-refractivity contribution is -0.143. The zero-order valence-corrected chi connectivity index (χ0v) is 12.9. The van der Waals surface area contributed by atoms with Crippen LogP contribution < -0.4 is 10.5 Å². The Kier molecular flexibility index (Phi) is 4.22. The van der Waals surface area contributed by atoms with Crippen molar-refractivity contribution in [2.75, 3.05) is 12.9 Å². The number of rotatable bonds is 4. The highest BCUT2D eigenvalue weighted by atomic mass is 79.9. The standard InChI is InChI=1S/C10H13BrN2O3S2/c1-18(15)13-10(12,7-2-3-16-9(7)14)8-4-6(11)5-17-8/h4-5,7,13H,2-3,12H2,1H3/t7?,10-,18?/m0/s1. The molecule has 8 heteroatoms. The number of cyclic esters (lactones) is 1. The Morgan fingerprint density at radius 1 is 1.72 bits per heavy atom. The van der Waals surface area contributed by atoms with E-state index in [4.69, 9.17) is 10.5 Å². The summed E-state index contributed by atoms with van der Waals surface area (Å²) in [7, 11) is -1.33. The number of nitrogens with two attached hydrogens (primary N) is 1. The van der Waals surface area contributed by atoms with E-state index >= 15 is 0 Å². The Hall–Kier alpha value is -0.280. The molecule has 1 saturated heterocycles. The fraction of sp³-hybridized carbons (Fsp3) is 0.500. The average Bonchev–Trinajstić information content (AvgIpc) is 2.86. The van der Waals surface area contributed by atoms with E-state index in [1.807, 2.05) is 11.4 Å². The minimum Gasteiger partial charge on any atom is -0.465 e. The molecule has 18 heavy (non-hydrogen) atoms. The van der Waals surface area contributed by atoms with E-state index in [2.05, 4.69) is 20.7 Å². The molecule has 1 aliphatic heterocycles. The Morgan fingerprint density at radius 3 is 2.89 bits per heavy atom. The van der Waals surface area contributed by atoms with Gasteiger partial charge in [0.25, 0.3) is 0 Å². The Bertz CT molecular complexity index is 493. The Labute approximate surface area is 120 Å². The smallest absolute Gasteiger partial charge is 0.312 e. The molecule has 2 rings (SSSR count). The number of nitrogens with one attached hydrogen (secondary N) is 1. The summed E-state index contributed by atoms with van der Waals surface area (Å²) < 4.78 is 20.1. The van der Waals surface area contributed by atoms with Crippen molar-refractivity contribution in [3.8, 4) is 0 Å². The monoisotopic (exact) mass is 352 g/mol. The van der Waals surface area contributed by atoms with Crippen LogP contribution in [0.4, 0.5) is 0 Å². The van der Waals surface area contributed by atoms with E-state index in [9.17, 15) is 9.00 Å². The Balaban J connectivity index is 2.39. The van der Waals surface area contributed by atoms with E-state index in [1.54, 1.807) is 0 Å². The van der Waals surface area contributed by atoms with Crippen molar-refractivity contribution in [2.24, 2.45) is 11.7 Å². The molecule has 5 nitrogen and oxygen atoms in total. The van der Waals surface area contributed by atoms with Gasteiger partial charge < -0.3 is 10.5 Å². The van der Waals surface area contributed by atoms with Gasteiger partial charge in [-0.1, -0.05) is 0 Å². The van der Waals surface area contributed by atoms with Crippen molar-refractivity contribution >= 4 is 44.2 Å². The van der Waals surface area contributed by atoms with Gasteiger partial charge in [0.1, 0.15) is 5.66 Å². The molecule has 0 amide bonds. The quantitative estimate of drug-likeness (QED) is 0.627. The molecule has 0 radical (unpaired) electrons. The molecule has 0 bridgehead atoms. The number of ether oxygens (including phenoxy) is 1. The van der Waals surface area contributed by atoms with E-state index in [0.717, 1.165) is 9.35 Å². The number of carbonyl (C=O) groups is 1. The molecule has 1 aromatic heterocycles. The fourth-order valence-corrected chi connectivity index (χ4v) is 4.31. The molecular formula is C10H13BrN2O3S2. The van der Waals surface area contributed by atoms with E-state index in [1.165, 1.54) is 17.6 Å². The molecule has 100 valence electrons. The molecule has 1 fully saturated rings. The predicted octanol–water partition coefficient (Wildman–Crippen LogP) is 1.07. The highest BCUT2D eigenvalue weighted by Gasteiger charge is 2.46. The largest absolute Gasteiger partial charge is 0.465 e. The summed E-state index contributed by atoms with van der Waals surface area (Å²) >= 11 is 4.76.